The molecule has 1 atom stereocenters. The molecule has 3 rings (SSSR count). The van der Waals surface area contributed by atoms with Crippen LogP contribution in [0, 0.1) is 5.92 Å². The number of nitrogens with two attached hydrogens (primary N) is 1. The maximum absolute atomic E-state index is 12.6. The van der Waals surface area contributed by atoms with Gasteiger partial charge in [-0.05, 0) is 55.7 Å². The van der Waals surface area contributed by atoms with Crippen molar-refractivity contribution in [3.63, 3.8) is 0 Å². The summed E-state index contributed by atoms with van der Waals surface area (Å²) in [4.78, 5) is 17.2. The summed E-state index contributed by atoms with van der Waals surface area (Å²) in [6, 6.07) is 13.3. The number of thiazole rings is 1. The van der Waals surface area contributed by atoms with Gasteiger partial charge in [0.25, 0.3) is 0 Å². The highest BCUT2D eigenvalue weighted by Gasteiger charge is 2.19. The number of anilines is 1. The van der Waals surface area contributed by atoms with Gasteiger partial charge in [-0.2, -0.15) is 0 Å². The monoisotopic (exact) mass is 440 g/mol. The summed E-state index contributed by atoms with van der Waals surface area (Å²) in [7, 11) is 1.61. The molecule has 0 fully saturated rings. The molecule has 0 spiro atoms. The zero-order valence-corrected chi connectivity index (χ0v) is 18.9. The van der Waals surface area contributed by atoms with E-state index >= 15 is 0 Å². The Balaban J connectivity index is 1.61. The molecule has 0 amide bonds. The van der Waals surface area contributed by atoms with Gasteiger partial charge < -0.3 is 19.9 Å². The van der Waals surface area contributed by atoms with E-state index in [2.05, 4.69) is 4.98 Å². The Bertz CT molecular complexity index is 1000. The van der Waals surface area contributed by atoms with Gasteiger partial charge in [-0.15, -0.1) is 11.3 Å². The lowest BCUT2D eigenvalue weighted by Crippen LogP contribution is -2.19. The van der Waals surface area contributed by atoms with Crippen molar-refractivity contribution in [1.82, 2.24) is 4.98 Å². The number of ether oxygens (including phenoxy) is 3. The topological polar surface area (TPSA) is 83.7 Å². The standard InChI is InChI=1S/C24H28N2O4S/c1-4-17(12-16-6-9-19(25)10-7-16)24(27)30-14-20-15-31-23(26-20)18-8-11-21(29-5-2)22(13-18)28-3/h6-11,13,15,17H,4-5,12,14,25H2,1-3H3/t17-/m1/s1. The smallest absolute Gasteiger partial charge is 0.309 e. The third-order valence-electron chi connectivity index (χ3n) is 4.91. The number of benzene rings is 2. The van der Waals surface area contributed by atoms with Crippen molar-refractivity contribution >= 4 is 23.0 Å². The Labute approximate surface area is 187 Å². The Hall–Kier alpha value is -3.06. The first kappa shape index (κ1) is 22.6. The number of rotatable bonds is 10. The molecule has 7 heteroatoms. The molecule has 6 nitrogen and oxygen atoms in total. The zero-order valence-electron chi connectivity index (χ0n) is 18.1. The molecule has 0 unspecified atom stereocenters. The summed E-state index contributed by atoms with van der Waals surface area (Å²) >= 11 is 1.50. The molecule has 1 heterocycles. The molecule has 31 heavy (non-hydrogen) atoms. The predicted molar refractivity (Wildman–Crippen MR) is 123 cm³/mol. The molecule has 2 aromatic carbocycles. The predicted octanol–water partition coefficient (Wildman–Crippen LogP) is 5.11. The first-order valence-corrected chi connectivity index (χ1v) is 11.2. The minimum absolute atomic E-state index is 0.154. The summed E-state index contributed by atoms with van der Waals surface area (Å²) in [6.45, 7) is 4.64. The van der Waals surface area contributed by atoms with Gasteiger partial charge in [-0.25, -0.2) is 4.98 Å². The van der Waals surface area contributed by atoms with Crippen LogP contribution in [0.5, 0.6) is 11.5 Å². The maximum atomic E-state index is 12.6. The average Bonchev–Trinajstić information content (AvgIpc) is 3.26. The van der Waals surface area contributed by atoms with E-state index in [-0.39, 0.29) is 18.5 Å². The molecule has 0 aliphatic rings. The SMILES string of the molecule is CCOc1ccc(-c2nc(COC(=O)[C@H](CC)Cc3ccc(N)cc3)cs2)cc1OC. The average molecular weight is 441 g/mol. The normalized spacial score (nSPS) is 11.7. The van der Waals surface area contributed by atoms with Crippen molar-refractivity contribution in [2.75, 3.05) is 19.5 Å². The number of methoxy groups -OCH3 is 1. The van der Waals surface area contributed by atoms with E-state index in [0.29, 0.717) is 36.6 Å². The fourth-order valence-electron chi connectivity index (χ4n) is 3.18. The van der Waals surface area contributed by atoms with Gasteiger partial charge in [0, 0.05) is 16.6 Å². The first-order chi connectivity index (χ1) is 15.0. The molecule has 0 radical (unpaired) electrons. The lowest BCUT2D eigenvalue weighted by Gasteiger charge is -2.14. The van der Waals surface area contributed by atoms with Crippen LogP contribution in [0.2, 0.25) is 0 Å². The van der Waals surface area contributed by atoms with Crippen LogP contribution in [-0.2, 0) is 22.6 Å². The van der Waals surface area contributed by atoms with Gasteiger partial charge in [0.15, 0.2) is 11.5 Å². The lowest BCUT2D eigenvalue weighted by atomic mass is 9.97. The Morgan fingerprint density at radius 1 is 1.13 bits per heavy atom. The second-order valence-corrected chi connectivity index (χ2v) is 7.96. The number of hydrogen-bond acceptors (Lipinski definition) is 7. The van der Waals surface area contributed by atoms with Crippen molar-refractivity contribution in [2.45, 2.75) is 33.3 Å². The van der Waals surface area contributed by atoms with Crippen LogP contribution in [0.25, 0.3) is 10.6 Å². The van der Waals surface area contributed by atoms with Crippen LogP contribution in [0.3, 0.4) is 0 Å². The number of aromatic nitrogens is 1. The van der Waals surface area contributed by atoms with Crippen LogP contribution in [0.1, 0.15) is 31.5 Å². The van der Waals surface area contributed by atoms with Crippen LogP contribution >= 0.6 is 11.3 Å². The number of nitrogens with zero attached hydrogens (tertiary/aromatic N) is 1. The van der Waals surface area contributed by atoms with Crippen LogP contribution in [0.4, 0.5) is 5.69 Å². The molecule has 1 aromatic heterocycles. The first-order valence-electron chi connectivity index (χ1n) is 10.3. The van der Waals surface area contributed by atoms with Crippen molar-refractivity contribution in [2.24, 2.45) is 5.92 Å². The third kappa shape index (κ3) is 5.98. The van der Waals surface area contributed by atoms with E-state index in [0.717, 1.165) is 21.8 Å². The molecular formula is C24H28N2O4S. The Morgan fingerprint density at radius 2 is 1.90 bits per heavy atom. The molecule has 0 aliphatic carbocycles. The van der Waals surface area contributed by atoms with Crippen molar-refractivity contribution in [3.05, 3.63) is 59.1 Å². The van der Waals surface area contributed by atoms with Crippen LogP contribution in [-0.4, -0.2) is 24.7 Å². The number of nitrogen functional groups attached to an aromatic ring is 1. The number of hydrogen-bond donors (Lipinski definition) is 1. The van der Waals surface area contributed by atoms with Gasteiger partial charge in [0.05, 0.1) is 25.3 Å². The van der Waals surface area contributed by atoms with E-state index < -0.39 is 0 Å². The van der Waals surface area contributed by atoms with Crippen LogP contribution in [0.15, 0.2) is 47.8 Å². The molecule has 0 saturated heterocycles. The van der Waals surface area contributed by atoms with Crippen molar-refractivity contribution < 1.29 is 19.0 Å². The minimum Gasteiger partial charge on any atom is -0.493 e. The Morgan fingerprint density at radius 3 is 2.58 bits per heavy atom. The summed E-state index contributed by atoms with van der Waals surface area (Å²) in [5.41, 5.74) is 9.17. The minimum atomic E-state index is -0.211. The maximum Gasteiger partial charge on any atom is 0.309 e. The van der Waals surface area contributed by atoms with Gasteiger partial charge >= 0.3 is 5.97 Å². The van der Waals surface area contributed by atoms with Gasteiger partial charge in [0.1, 0.15) is 11.6 Å². The highest BCUT2D eigenvalue weighted by molar-refractivity contribution is 7.13. The molecule has 0 saturated carbocycles. The quantitative estimate of drug-likeness (QED) is 0.348. The molecule has 0 bridgehead atoms. The largest absolute Gasteiger partial charge is 0.493 e. The van der Waals surface area contributed by atoms with Crippen molar-refractivity contribution in [3.8, 4) is 22.1 Å². The summed E-state index contributed by atoms with van der Waals surface area (Å²) < 4.78 is 16.5. The number of esters is 1. The molecule has 3 aromatic rings. The lowest BCUT2D eigenvalue weighted by molar-refractivity contribution is -0.150. The highest BCUT2D eigenvalue weighted by Crippen LogP contribution is 2.34. The van der Waals surface area contributed by atoms with E-state index in [1.165, 1.54) is 11.3 Å². The molecule has 2 N–H and O–H groups in total. The second-order valence-electron chi connectivity index (χ2n) is 7.10. The van der Waals surface area contributed by atoms with Gasteiger partial charge in [0.2, 0.25) is 0 Å². The van der Waals surface area contributed by atoms with E-state index in [4.69, 9.17) is 19.9 Å². The Kier molecular flexibility index (Phi) is 7.89. The summed E-state index contributed by atoms with van der Waals surface area (Å²) in [5, 5.41) is 2.74. The number of carbonyl (C=O) groups excluding carboxylic acids is 1. The fourth-order valence-corrected chi connectivity index (χ4v) is 3.98. The van der Waals surface area contributed by atoms with Gasteiger partial charge in [-0.1, -0.05) is 19.1 Å². The molecule has 0 aliphatic heterocycles. The fraction of sp³-hybridized carbons (Fsp3) is 0.333. The van der Waals surface area contributed by atoms with Crippen LogP contribution < -0.4 is 15.2 Å². The van der Waals surface area contributed by atoms with E-state index in [1.54, 1.807) is 7.11 Å². The van der Waals surface area contributed by atoms with Crippen molar-refractivity contribution in [1.29, 1.82) is 0 Å². The molecular weight excluding hydrogens is 412 g/mol. The third-order valence-corrected chi connectivity index (χ3v) is 5.85. The second kappa shape index (κ2) is 10.8. The van der Waals surface area contributed by atoms with E-state index in [9.17, 15) is 4.79 Å². The highest BCUT2D eigenvalue weighted by atomic mass is 32.1. The zero-order chi connectivity index (χ0) is 22.2. The van der Waals surface area contributed by atoms with Gasteiger partial charge in [-0.3, -0.25) is 4.79 Å². The summed E-state index contributed by atoms with van der Waals surface area (Å²) in [6.07, 6.45) is 1.33. The molecule has 164 valence electrons. The number of carbonyl (C=O) groups is 1. The summed E-state index contributed by atoms with van der Waals surface area (Å²) in [5.74, 6) is 0.955. The van der Waals surface area contributed by atoms with E-state index in [1.807, 2.05) is 61.7 Å².